The van der Waals surface area contributed by atoms with Gasteiger partial charge in [0.1, 0.15) is 5.82 Å². The first-order chi connectivity index (χ1) is 38.3. The molecule has 5 heterocycles. The van der Waals surface area contributed by atoms with Gasteiger partial charge in [-0.15, -0.1) is 29.7 Å². The molecule has 0 aliphatic carbocycles. The summed E-state index contributed by atoms with van der Waals surface area (Å²) < 4.78 is 18.4. The van der Waals surface area contributed by atoms with Crippen molar-refractivity contribution in [2.24, 2.45) is 7.05 Å². The predicted octanol–water partition coefficient (Wildman–Crippen LogP) is 17.0. The van der Waals surface area contributed by atoms with E-state index in [0.29, 0.717) is 11.5 Å². The Morgan fingerprint density at radius 2 is 1.09 bits per heavy atom. The minimum absolute atomic E-state index is 0. The Labute approximate surface area is 471 Å². The quantitative estimate of drug-likeness (QED) is 0.112. The molecular formula is C71H50N6OPt-2. The van der Waals surface area contributed by atoms with Crippen molar-refractivity contribution in [3.8, 4) is 56.6 Å². The van der Waals surface area contributed by atoms with Crippen molar-refractivity contribution in [2.45, 2.75) is 26.2 Å². The third-order valence-electron chi connectivity index (χ3n) is 15.6. The first-order valence-corrected chi connectivity index (χ1v) is 26.5. The number of aromatic nitrogens is 6. The molecule has 15 aromatic rings. The molecule has 0 unspecified atom stereocenters. The number of hydrogen-bond acceptors (Lipinski definition) is 2. The molecule has 0 bridgehead atoms. The average Bonchev–Trinajstić information content (AvgIpc) is 4.39. The van der Waals surface area contributed by atoms with E-state index >= 15 is 0 Å². The number of pyridine rings is 1. The van der Waals surface area contributed by atoms with Gasteiger partial charge in [0.25, 0.3) is 6.33 Å². The van der Waals surface area contributed by atoms with E-state index in [0.717, 1.165) is 105 Å². The smallest absolute Gasteiger partial charge is 0.268 e. The molecule has 0 fully saturated rings. The molecule has 0 radical (unpaired) electrons. The molecule has 7 nitrogen and oxygen atoms in total. The normalized spacial score (nSPS) is 11.9. The molecule has 15 rings (SSSR count). The second-order valence-corrected chi connectivity index (χ2v) is 21.2. The van der Waals surface area contributed by atoms with Gasteiger partial charge in [-0.1, -0.05) is 184 Å². The van der Waals surface area contributed by atoms with Crippen LogP contribution in [-0.2, 0) is 33.5 Å². The van der Waals surface area contributed by atoms with Gasteiger partial charge in [0.15, 0.2) is 0 Å². The van der Waals surface area contributed by atoms with E-state index < -0.39 is 0 Å². The Balaban J connectivity index is 0.00000564. The first-order valence-electron chi connectivity index (χ1n) is 26.5. The second kappa shape index (κ2) is 18.7. The van der Waals surface area contributed by atoms with E-state index in [2.05, 4.69) is 281 Å². The summed E-state index contributed by atoms with van der Waals surface area (Å²) in [4.78, 5) is 5.21. The molecule has 5 aromatic heterocycles. The van der Waals surface area contributed by atoms with Crippen molar-refractivity contribution < 1.29 is 30.4 Å². The standard InChI is InChI=1S/C71H50N6O.Pt/c1-71(2,3)48-40-41-72-63(42-48)77-62-44-52(38-39-57(62)64-65-56-31-15-17-35-59(56)76(49-26-12-7-13-27-49)70(65)69-66(68(64)77)55-30-14-16-34-58(55)73(69)4)78-51-29-20-28-50(43-51)74-45-75(61-37-19-18-36-60(61)74)67-53(46-22-8-5-9-23-46)32-21-33-54(67)47-24-10-6-11-25-47;/h5-42H,1-4H3;/q-2;. The summed E-state index contributed by atoms with van der Waals surface area (Å²) >= 11 is 0. The predicted molar refractivity (Wildman–Crippen MR) is 318 cm³/mol. The third-order valence-corrected chi connectivity index (χ3v) is 15.6. The van der Waals surface area contributed by atoms with Crippen LogP contribution < -0.4 is 9.30 Å². The fourth-order valence-electron chi connectivity index (χ4n) is 12.1. The van der Waals surface area contributed by atoms with Gasteiger partial charge in [0, 0.05) is 78.6 Å². The Morgan fingerprint density at radius 3 is 1.80 bits per heavy atom. The van der Waals surface area contributed by atoms with Gasteiger partial charge in [-0.3, -0.25) is 4.57 Å². The minimum atomic E-state index is -0.127. The van der Waals surface area contributed by atoms with Crippen LogP contribution >= 0.6 is 0 Å². The van der Waals surface area contributed by atoms with Crippen molar-refractivity contribution in [1.82, 2.24) is 23.3 Å². The fraction of sp³-hybridized carbons (Fsp3) is 0.0704. The molecule has 0 spiro atoms. The van der Waals surface area contributed by atoms with E-state index in [-0.39, 0.29) is 26.5 Å². The summed E-state index contributed by atoms with van der Waals surface area (Å²) in [5.74, 6) is 1.93. The molecule has 8 heteroatoms. The SMILES string of the molecule is Cn1c2ccccc2c2c1c1c(c3ccccc3n1-c1ccccc1)c1c3ccc(Oc4[c-]c(-[n+]5[c-]n(-c6c(-c7ccccc7)cccc6-c6ccccc6)c6ccccc65)ccc4)[c-]c3n(-c3cc(C(C)(C)C)ccn3)c12.[Pt]. The van der Waals surface area contributed by atoms with Crippen molar-refractivity contribution in [2.75, 3.05) is 0 Å². The van der Waals surface area contributed by atoms with Crippen molar-refractivity contribution in [1.29, 1.82) is 0 Å². The maximum Gasteiger partial charge on any atom is 0.268 e. The molecule has 0 atom stereocenters. The maximum atomic E-state index is 6.97. The van der Waals surface area contributed by atoms with Gasteiger partial charge in [-0.2, -0.15) is 18.2 Å². The summed E-state index contributed by atoms with van der Waals surface area (Å²) in [7, 11) is 2.20. The van der Waals surface area contributed by atoms with Crippen LogP contribution in [0.25, 0.3) is 122 Å². The third kappa shape index (κ3) is 7.59. The molecule has 0 aliphatic rings. The summed E-state index contributed by atoms with van der Waals surface area (Å²) in [6.45, 7) is 6.76. The van der Waals surface area contributed by atoms with Crippen LogP contribution in [0.4, 0.5) is 0 Å². The van der Waals surface area contributed by atoms with Crippen LogP contribution in [0.1, 0.15) is 26.3 Å². The molecule has 0 amide bonds. The zero-order chi connectivity index (χ0) is 52.2. The largest absolute Gasteiger partial charge is 0.510 e. The van der Waals surface area contributed by atoms with Crippen LogP contribution in [-0.4, -0.2) is 23.3 Å². The number of imidazole rings is 1. The first kappa shape index (κ1) is 48.1. The topological polar surface area (TPSA) is 45.7 Å². The molecule has 0 aliphatic heterocycles. The molecule has 0 N–H and O–H groups in total. The van der Waals surface area contributed by atoms with E-state index in [9.17, 15) is 0 Å². The van der Waals surface area contributed by atoms with Crippen LogP contribution in [0.15, 0.2) is 231 Å². The zero-order valence-electron chi connectivity index (χ0n) is 43.8. The number of para-hydroxylation sites is 6. The number of hydrogen-bond donors (Lipinski definition) is 0. The number of rotatable bonds is 8. The Kier molecular flexibility index (Phi) is 11.4. The van der Waals surface area contributed by atoms with Crippen molar-refractivity contribution in [3.63, 3.8) is 0 Å². The monoisotopic (exact) mass is 1200 g/mol. The second-order valence-electron chi connectivity index (χ2n) is 21.2. The minimum Gasteiger partial charge on any atom is -0.510 e. The fourth-order valence-corrected chi connectivity index (χ4v) is 12.1. The van der Waals surface area contributed by atoms with Gasteiger partial charge in [0.05, 0.1) is 38.8 Å². The summed E-state index contributed by atoms with van der Waals surface area (Å²) in [6.07, 6.45) is 5.75. The average molecular weight is 1200 g/mol. The van der Waals surface area contributed by atoms with Gasteiger partial charge in [-0.05, 0) is 80.7 Å². The van der Waals surface area contributed by atoms with Crippen molar-refractivity contribution in [3.05, 3.63) is 255 Å². The Hall–Kier alpha value is -9.29. The maximum absolute atomic E-state index is 6.97. The van der Waals surface area contributed by atoms with E-state index in [1.54, 1.807) is 0 Å². The van der Waals surface area contributed by atoms with Gasteiger partial charge in [-0.25, -0.2) is 4.98 Å². The van der Waals surface area contributed by atoms with Gasteiger partial charge >= 0.3 is 0 Å². The summed E-state index contributed by atoms with van der Waals surface area (Å²) in [5.41, 5.74) is 17.0. The number of benzene rings is 10. The number of nitrogens with zero attached hydrogens (tertiary/aromatic N) is 6. The van der Waals surface area contributed by atoms with Crippen LogP contribution in [0.2, 0.25) is 0 Å². The molecule has 0 saturated heterocycles. The molecular weight excluding hydrogens is 1150 g/mol. The number of fused-ring (bicyclic) bond motifs is 13. The van der Waals surface area contributed by atoms with Gasteiger partial charge < -0.3 is 23.0 Å². The van der Waals surface area contributed by atoms with Crippen LogP contribution in [0.5, 0.6) is 11.5 Å². The zero-order valence-corrected chi connectivity index (χ0v) is 46.1. The van der Waals surface area contributed by atoms with Crippen LogP contribution in [0.3, 0.4) is 0 Å². The number of ether oxygens (including phenoxy) is 1. The number of aryl methyl sites for hydroxylation is 1. The van der Waals surface area contributed by atoms with E-state index in [4.69, 9.17) is 9.72 Å². The van der Waals surface area contributed by atoms with E-state index in [1.807, 2.05) is 18.3 Å². The molecule has 382 valence electrons. The molecule has 10 aromatic carbocycles. The molecule has 79 heavy (non-hydrogen) atoms. The van der Waals surface area contributed by atoms with Crippen molar-refractivity contribution >= 4 is 76.5 Å². The summed E-state index contributed by atoms with van der Waals surface area (Å²) in [5, 5.41) is 6.87. The van der Waals surface area contributed by atoms with E-state index in [1.165, 1.54) is 21.7 Å². The van der Waals surface area contributed by atoms with Gasteiger partial charge in [0.2, 0.25) is 0 Å². The Morgan fingerprint density at radius 1 is 0.494 bits per heavy atom. The van der Waals surface area contributed by atoms with Crippen LogP contribution in [0, 0.1) is 18.5 Å². The summed E-state index contributed by atoms with van der Waals surface area (Å²) in [6, 6.07) is 86.8. The Bertz CT molecular complexity index is 4810. The molecule has 0 saturated carbocycles.